The molecule has 1 aliphatic carbocycles. The summed E-state index contributed by atoms with van der Waals surface area (Å²) in [6, 6.07) is 0.715. The number of β-amino-alcohol motifs (C(OH)–C–C–N with tert-alkyl or cyclic N) is 1. The molecule has 1 rings (SSSR count). The first kappa shape index (κ1) is 11.0. The van der Waals surface area contributed by atoms with Gasteiger partial charge in [-0.3, -0.25) is 4.90 Å². The van der Waals surface area contributed by atoms with Crippen LogP contribution in [-0.4, -0.2) is 34.7 Å². The third-order valence-electron chi connectivity index (χ3n) is 2.97. The molecule has 1 saturated carbocycles. The van der Waals surface area contributed by atoms with Crippen molar-refractivity contribution in [1.29, 1.82) is 0 Å². The molecule has 1 N–H and O–H groups in total. The second kappa shape index (κ2) is 4.43. The third kappa shape index (κ3) is 2.96. The zero-order valence-corrected chi connectivity index (χ0v) is 9.21. The molecule has 0 radical (unpaired) electrons. The molecule has 2 nitrogen and oxygen atoms in total. The summed E-state index contributed by atoms with van der Waals surface area (Å²) < 4.78 is 0. The minimum Gasteiger partial charge on any atom is -0.395 e. The first-order valence-electron chi connectivity index (χ1n) is 5.43. The molecule has 78 valence electrons. The first-order chi connectivity index (χ1) is 6.05. The van der Waals surface area contributed by atoms with E-state index < -0.39 is 0 Å². The van der Waals surface area contributed by atoms with Gasteiger partial charge >= 0.3 is 0 Å². The topological polar surface area (TPSA) is 23.5 Å². The molecule has 13 heavy (non-hydrogen) atoms. The van der Waals surface area contributed by atoms with Gasteiger partial charge in [-0.25, -0.2) is 0 Å². The molecule has 0 aromatic heterocycles. The molecular weight excluding hydrogens is 162 g/mol. The Balaban J connectivity index is 2.55. The first-order valence-corrected chi connectivity index (χ1v) is 5.43. The smallest absolute Gasteiger partial charge is 0.0558 e. The van der Waals surface area contributed by atoms with Crippen LogP contribution in [-0.2, 0) is 0 Å². The van der Waals surface area contributed by atoms with Crippen molar-refractivity contribution in [1.82, 2.24) is 4.90 Å². The molecule has 0 aromatic rings. The maximum absolute atomic E-state index is 9.02. The van der Waals surface area contributed by atoms with Crippen molar-refractivity contribution in [3.05, 3.63) is 0 Å². The average molecular weight is 185 g/mol. The zero-order chi connectivity index (χ0) is 9.90. The van der Waals surface area contributed by atoms with Crippen molar-refractivity contribution in [3.8, 4) is 0 Å². The molecular formula is C11H23NO. The largest absolute Gasteiger partial charge is 0.395 e. The van der Waals surface area contributed by atoms with Crippen LogP contribution in [0, 0.1) is 0 Å². The Hall–Kier alpha value is -0.0800. The Bertz CT molecular complexity index is 145. The number of rotatable bonds is 3. The standard InChI is InChI=1S/C11H23NO/c1-11(2,3)12(8-9-13)10-6-4-5-7-10/h10,13H,4-9H2,1-3H3. The molecule has 0 unspecified atom stereocenters. The van der Waals surface area contributed by atoms with Crippen LogP contribution in [0.5, 0.6) is 0 Å². The summed E-state index contributed by atoms with van der Waals surface area (Å²) in [7, 11) is 0. The van der Waals surface area contributed by atoms with E-state index in [1.165, 1.54) is 25.7 Å². The van der Waals surface area contributed by atoms with Crippen LogP contribution in [0.2, 0.25) is 0 Å². The van der Waals surface area contributed by atoms with E-state index in [0.29, 0.717) is 6.04 Å². The van der Waals surface area contributed by atoms with Gasteiger partial charge in [0.05, 0.1) is 6.61 Å². The van der Waals surface area contributed by atoms with Gasteiger partial charge in [-0.1, -0.05) is 12.8 Å². The Morgan fingerprint density at radius 3 is 2.15 bits per heavy atom. The second-order valence-corrected chi connectivity index (χ2v) is 5.03. The van der Waals surface area contributed by atoms with Crippen LogP contribution in [0.3, 0.4) is 0 Å². The minimum atomic E-state index is 0.206. The lowest BCUT2D eigenvalue weighted by Gasteiger charge is -2.40. The Labute approximate surface area is 81.9 Å². The van der Waals surface area contributed by atoms with E-state index in [2.05, 4.69) is 25.7 Å². The summed E-state index contributed by atoms with van der Waals surface area (Å²) >= 11 is 0. The normalized spacial score (nSPS) is 20.1. The molecule has 1 fully saturated rings. The number of aliphatic hydroxyl groups excluding tert-OH is 1. The van der Waals surface area contributed by atoms with E-state index in [-0.39, 0.29) is 12.1 Å². The SMILES string of the molecule is CC(C)(C)N(CCO)C1CCCC1. The predicted octanol–water partition coefficient (Wildman–Crippen LogP) is 2.02. The minimum absolute atomic E-state index is 0.206. The van der Waals surface area contributed by atoms with Crippen molar-refractivity contribution >= 4 is 0 Å². The quantitative estimate of drug-likeness (QED) is 0.727. The van der Waals surface area contributed by atoms with E-state index in [1.54, 1.807) is 0 Å². The zero-order valence-electron chi connectivity index (χ0n) is 9.21. The molecule has 0 aliphatic heterocycles. The van der Waals surface area contributed by atoms with Gasteiger partial charge in [-0.2, -0.15) is 0 Å². The summed E-state index contributed by atoms with van der Waals surface area (Å²) in [5, 5.41) is 9.02. The van der Waals surface area contributed by atoms with Crippen LogP contribution in [0.25, 0.3) is 0 Å². The molecule has 2 heteroatoms. The lowest BCUT2D eigenvalue weighted by atomic mass is 10.0. The van der Waals surface area contributed by atoms with Crippen LogP contribution >= 0.6 is 0 Å². The summed E-state index contributed by atoms with van der Waals surface area (Å²) in [6.07, 6.45) is 5.36. The summed E-state index contributed by atoms with van der Waals surface area (Å²) in [4.78, 5) is 2.46. The van der Waals surface area contributed by atoms with E-state index in [1.807, 2.05) is 0 Å². The average Bonchev–Trinajstić information content (AvgIpc) is 2.49. The summed E-state index contributed by atoms with van der Waals surface area (Å²) in [6.45, 7) is 7.82. The van der Waals surface area contributed by atoms with Gasteiger partial charge < -0.3 is 5.11 Å². The van der Waals surface area contributed by atoms with E-state index in [0.717, 1.165) is 6.54 Å². The van der Waals surface area contributed by atoms with Gasteiger partial charge in [0.25, 0.3) is 0 Å². The van der Waals surface area contributed by atoms with Crippen LogP contribution in [0.4, 0.5) is 0 Å². The molecule has 1 aliphatic rings. The number of hydrogen-bond donors (Lipinski definition) is 1. The lowest BCUT2D eigenvalue weighted by molar-refractivity contribution is 0.0628. The van der Waals surface area contributed by atoms with Gasteiger partial charge in [-0.15, -0.1) is 0 Å². The molecule has 0 heterocycles. The number of nitrogens with zero attached hydrogens (tertiary/aromatic N) is 1. The highest BCUT2D eigenvalue weighted by Gasteiger charge is 2.29. The van der Waals surface area contributed by atoms with Crippen molar-refractivity contribution in [2.75, 3.05) is 13.2 Å². The predicted molar refractivity (Wildman–Crippen MR) is 55.8 cm³/mol. The van der Waals surface area contributed by atoms with Crippen LogP contribution in [0.15, 0.2) is 0 Å². The molecule has 0 saturated heterocycles. The van der Waals surface area contributed by atoms with Crippen LogP contribution < -0.4 is 0 Å². The van der Waals surface area contributed by atoms with Gasteiger partial charge in [0, 0.05) is 18.1 Å². The van der Waals surface area contributed by atoms with E-state index in [4.69, 9.17) is 5.11 Å². The van der Waals surface area contributed by atoms with Crippen molar-refractivity contribution in [2.24, 2.45) is 0 Å². The Morgan fingerprint density at radius 2 is 1.77 bits per heavy atom. The number of hydrogen-bond acceptors (Lipinski definition) is 2. The molecule has 0 amide bonds. The highest BCUT2D eigenvalue weighted by molar-refractivity contribution is 4.85. The summed E-state index contributed by atoms with van der Waals surface area (Å²) in [5.74, 6) is 0. The maximum atomic E-state index is 9.02. The van der Waals surface area contributed by atoms with Gasteiger partial charge in [0.1, 0.15) is 0 Å². The van der Waals surface area contributed by atoms with E-state index in [9.17, 15) is 0 Å². The van der Waals surface area contributed by atoms with Crippen molar-refractivity contribution in [3.63, 3.8) is 0 Å². The van der Waals surface area contributed by atoms with Crippen molar-refractivity contribution < 1.29 is 5.11 Å². The molecule has 0 aromatic carbocycles. The van der Waals surface area contributed by atoms with Gasteiger partial charge in [-0.05, 0) is 33.6 Å². The third-order valence-corrected chi connectivity index (χ3v) is 2.97. The molecule has 0 spiro atoms. The highest BCUT2D eigenvalue weighted by atomic mass is 16.3. The second-order valence-electron chi connectivity index (χ2n) is 5.03. The summed E-state index contributed by atoms with van der Waals surface area (Å²) in [5.41, 5.74) is 0.206. The highest BCUT2D eigenvalue weighted by Crippen LogP contribution is 2.28. The molecule has 0 atom stereocenters. The van der Waals surface area contributed by atoms with Crippen LogP contribution in [0.1, 0.15) is 46.5 Å². The molecule has 0 bridgehead atoms. The monoisotopic (exact) mass is 185 g/mol. The van der Waals surface area contributed by atoms with Gasteiger partial charge in [0.2, 0.25) is 0 Å². The Kier molecular flexibility index (Phi) is 3.74. The van der Waals surface area contributed by atoms with Gasteiger partial charge in [0.15, 0.2) is 0 Å². The fourth-order valence-corrected chi connectivity index (χ4v) is 2.39. The number of aliphatic hydroxyl groups is 1. The van der Waals surface area contributed by atoms with Crippen molar-refractivity contribution in [2.45, 2.75) is 58.0 Å². The van der Waals surface area contributed by atoms with E-state index >= 15 is 0 Å². The fraction of sp³-hybridized carbons (Fsp3) is 1.00. The Morgan fingerprint density at radius 1 is 1.23 bits per heavy atom. The lowest BCUT2D eigenvalue weighted by Crippen LogP contribution is -2.48. The fourth-order valence-electron chi connectivity index (χ4n) is 2.39. The maximum Gasteiger partial charge on any atom is 0.0558 e.